The van der Waals surface area contributed by atoms with E-state index < -0.39 is 5.97 Å². The minimum atomic E-state index is -0.843. The molecule has 0 aliphatic heterocycles. The number of thiophene rings is 1. The van der Waals surface area contributed by atoms with E-state index in [1.807, 2.05) is 18.4 Å². The van der Waals surface area contributed by atoms with Gasteiger partial charge in [-0.1, -0.05) is 6.92 Å². The van der Waals surface area contributed by atoms with Crippen LogP contribution in [0.5, 0.6) is 0 Å². The number of carboxylic acid groups (broad SMARTS) is 1. The Morgan fingerprint density at radius 3 is 2.85 bits per heavy atom. The summed E-state index contributed by atoms with van der Waals surface area (Å²) in [6.07, 6.45) is 2.24. The van der Waals surface area contributed by atoms with Crippen LogP contribution in [-0.2, 0) is 4.79 Å². The molecule has 0 radical (unpaired) electrons. The molecule has 0 spiro atoms. The molecule has 1 aromatic heterocycles. The van der Waals surface area contributed by atoms with Gasteiger partial charge in [-0.3, -0.25) is 0 Å². The minimum absolute atomic E-state index is 0.435. The van der Waals surface area contributed by atoms with Crippen LogP contribution in [-0.4, -0.2) is 11.1 Å². The van der Waals surface area contributed by atoms with Crippen molar-refractivity contribution in [1.29, 1.82) is 0 Å². The van der Waals surface area contributed by atoms with Gasteiger partial charge < -0.3 is 5.11 Å². The Hall–Kier alpha value is -0.610. The third kappa shape index (κ3) is 2.97. The van der Waals surface area contributed by atoms with Gasteiger partial charge in [0.2, 0.25) is 0 Å². The molecule has 0 aromatic carbocycles. The quantitative estimate of drug-likeness (QED) is 0.847. The van der Waals surface area contributed by atoms with E-state index in [-0.39, 0.29) is 0 Å². The lowest BCUT2D eigenvalue weighted by Crippen LogP contribution is -1.98. The highest BCUT2D eigenvalue weighted by molar-refractivity contribution is 9.11. The molecular weight excluding hydrogens is 252 g/mol. The summed E-state index contributed by atoms with van der Waals surface area (Å²) in [6.45, 7) is 1.83. The predicted octanol–water partition coefficient (Wildman–Crippen LogP) is 3.39. The number of carbonyl (C=O) groups is 1. The lowest BCUT2D eigenvalue weighted by atomic mass is 10.1. The maximum absolute atomic E-state index is 10.7. The number of halogens is 1. The van der Waals surface area contributed by atoms with Gasteiger partial charge in [-0.2, -0.15) is 0 Å². The highest BCUT2D eigenvalue weighted by Crippen LogP contribution is 2.22. The maximum atomic E-state index is 10.7. The maximum Gasteiger partial charge on any atom is 0.331 e. The first-order valence-electron chi connectivity index (χ1n) is 3.81. The van der Waals surface area contributed by atoms with Gasteiger partial charge in [-0.05, 0) is 45.4 Å². The van der Waals surface area contributed by atoms with Gasteiger partial charge in [0.15, 0.2) is 0 Å². The van der Waals surface area contributed by atoms with Gasteiger partial charge in [-0.25, -0.2) is 4.79 Å². The van der Waals surface area contributed by atoms with E-state index in [9.17, 15) is 4.79 Å². The number of carboxylic acids is 1. The van der Waals surface area contributed by atoms with E-state index in [0.717, 1.165) is 9.35 Å². The van der Waals surface area contributed by atoms with Crippen LogP contribution in [0.4, 0.5) is 0 Å². The number of aliphatic carboxylic acids is 1. The smallest absolute Gasteiger partial charge is 0.331 e. The summed E-state index contributed by atoms with van der Waals surface area (Å²) in [7, 11) is 0. The van der Waals surface area contributed by atoms with E-state index in [4.69, 9.17) is 5.11 Å². The van der Waals surface area contributed by atoms with Crippen molar-refractivity contribution in [2.75, 3.05) is 0 Å². The summed E-state index contributed by atoms with van der Waals surface area (Å²) in [5.74, 6) is -0.843. The zero-order chi connectivity index (χ0) is 9.84. The Labute approximate surface area is 89.0 Å². The number of hydrogen-bond donors (Lipinski definition) is 1. The van der Waals surface area contributed by atoms with Crippen molar-refractivity contribution in [2.45, 2.75) is 13.3 Å². The lowest BCUT2D eigenvalue weighted by molar-refractivity contribution is -0.132. The monoisotopic (exact) mass is 260 g/mol. The minimum Gasteiger partial charge on any atom is -0.478 e. The summed E-state index contributed by atoms with van der Waals surface area (Å²) in [5.41, 5.74) is 1.38. The van der Waals surface area contributed by atoms with Crippen LogP contribution in [0.2, 0.25) is 0 Å². The molecule has 0 fully saturated rings. The lowest BCUT2D eigenvalue weighted by Gasteiger charge is -1.94. The highest BCUT2D eigenvalue weighted by atomic mass is 79.9. The number of rotatable bonds is 3. The average Bonchev–Trinajstić information content (AvgIpc) is 2.46. The molecule has 0 saturated heterocycles. The van der Waals surface area contributed by atoms with Crippen molar-refractivity contribution in [3.8, 4) is 0 Å². The van der Waals surface area contributed by atoms with E-state index in [0.29, 0.717) is 12.0 Å². The van der Waals surface area contributed by atoms with Crippen LogP contribution in [0.3, 0.4) is 0 Å². The van der Waals surface area contributed by atoms with Crippen molar-refractivity contribution in [3.05, 3.63) is 26.4 Å². The molecule has 1 N–H and O–H groups in total. The molecule has 1 aromatic rings. The molecule has 0 amide bonds. The fourth-order valence-electron chi connectivity index (χ4n) is 0.915. The van der Waals surface area contributed by atoms with Crippen molar-refractivity contribution < 1.29 is 9.90 Å². The first-order chi connectivity index (χ1) is 6.13. The molecule has 70 valence electrons. The first kappa shape index (κ1) is 10.5. The van der Waals surface area contributed by atoms with Crippen LogP contribution in [0, 0.1) is 0 Å². The van der Waals surface area contributed by atoms with Gasteiger partial charge in [-0.15, -0.1) is 11.3 Å². The Balaban J connectivity index is 2.91. The number of hydrogen-bond acceptors (Lipinski definition) is 2. The van der Waals surface area contributed by atoms with Crippen LogP contribution in [0.1, 0.15) is 18.9 Å². The fourth-order valence-corrected chi connectivity index (χ4v) is 2.05. The van der Waals surface area contributed by atoms with E-state index >= 15 is 0 Å². The molecule has 0 aliphatic rings. The third-order valence-corrected chi connectivity index (χ3v) is 3.11. The molecule has 1 heterocycles. The van der Waals surface area contributed by atoms with Crippen molar-refractivity contribution in [3.63, 3.8) is 0 Å². The second-order valence-corrected chi connectivity index (χ2v) is 4.80. The largest absolute Gasteiger partial charge is 0.478 e. The molecule has 0 unspecified atom stereocenters. The first-order valence-corrected chi connectivity index (χ1v) is 5.48. The summed E-state index contributed by atoms with van der Waals surface area (Å²) >= 11 is 4.87. The van der Waals surface area contributed by atoms with E-state index in [1.165, 1.54) is 0 Å². The molecule has 0 saturated carbocycles. The molecule has 0 atom stereocenters. The Bertz CT molecular complexity index is 341. The van der Waals surface area contributed by atoms with E-state index in [1.54, 1.807) is 17.4 Å². The zero-order valence-electron chi connectivity index (χ0n) is 7.08. The van der Waals surface area contributed by atoms with Crippen LogP contribution in [0.25, 0.3) is 6.08 Å². The standard InChI is InChI=1S/C9H9BrO2S/c1-2-7(9(11)12)3-6-4-8(10)13-5-6/h3-5H,2H2,1H3,(H,11,12). The molecular formula is C9H9BrO2S. The van der Waals surface area contributed by atoms with Crippen LogP contribution >= 0.6 is 27.3 Å². The Morgan fingerprint density at radius 2 is 2.46 bits per heavy atom. The molecule has 4 heteroatoms. The van der Waals surface area contributed by atoms with Crippen molar-refractivity contribution >= 4 is 39.3 Å². The molecule has 13 heavy (non-hydrogen) atoms. The van der Waals surface area contributed by atoms with Crippen molar-refractivity contribution in [2.24, 2.45) is 0 Å². The Kier molecular flexibility index (Phi) is 3.69. The highest BCUT2D eigenvalue weighted by Gasteiger charge is 2.04. The fraction of sp³-hybridized carbons (Fsp3) is 0.222. The van der Waals surface area contributed by atoms with Gasteiger partial charge in [0, 0.05) is 5.57 Å². The molecule has 0 bridgehead atoms. The molecule has 1 rings (SSSR count). The average molecular weight is 261 g/mol. The van der Waals surface area contributed by atoms with Crippen LogP contribution in [0.15, 0.2) is 20.8 Å². The SMILES string of the molecule is CCC(=Cc1csc(Br)c1)C(=O)O. The topological polar surface area (TPSA) is 37.3 Å². The zero-order valence-corrected chi connectivity index (χ0v) is 9.48. The van der Waals surface area contributed by atoms with Crippen molar-refractivity contribution in [1.82, 2.24) is 0 Å². The van der Waals surface area contributed by atoms with Gasteiger partial charge in [0.1, 0.15) is 0 Å². The summed E-state index contributed by atoms with van der Waals surface area (Å²) in [6, 6.07) is 1.91. The Morgan fingerprint density at radius 1 is 1.77 bits per heavy atom. The summed E-state index contributed by atoms with van der Waals surface area (Å²) < 4.78 is 1.01. The van der Waals surface area contributed by atoms with Gasteiger partial charge in [0.05, 0.1) is 3.79 Å². The van der Waals surface area contributed by atoms with E-state index in [2.05, 4.69) is 15.9 Å². The molecule has 0 aliphatic carbocycles. The predicted molar refractivity (Wildman–Crippen MR) is 57.9 cm³/mol. The normalized spacial score (nSPS) is 11.7. The summed E-state index contributed by atoms with van der Waals surface area (Å²) in [4.78, 5) is 10.7. The van der Waals surface area contributed by atoms with Crippen LogP contribution < -0.4 is 0 Å². The second kappa shape index (κ2) is 4.58. The summed E-state index contributed by atoms with van der Waals surface area (Å²) in [5, 5.41) is 10.7. The third-order valence-electron chi connectivity index (χ3n) is 1.58. The molecule has 2 nitrogen and oxygen atoms in total. The van der Waals surface area contributed by atoms with Gasteiger partial charge in [0.25, 0.3) is 0 Å². The second-order valence-electron chi connectivity index (χ2n) is 2.51. The van der Waals surface area contributed by atoms with Gasteiger partial charge >= 0.3 is 5.97 Å².